The molecule has 2 saturated heterocycles. The van der Waals surface area contributed by atoms with Crippen molar-refractivity contribution in [1.82, 2.24) is 13.8 Å². The SMILES string of the molecule is CCOC(=O)c1c(S(=O)(=O)N2CCC[C@@H](C(=O)N3CCCCC3)C2)c(C)n(CC)c1C. The molecule has 2 aliphatic rings. The van der Waals surface area contributed by atoms with Crippen LogP contribution in [0.4, 0.5) is 0 Å². The van der Waals surface area contributed by atoms with Crippen molar-refractivity contribution in [3.63, 3.8) is 0 Å². The summed E-state index contributed by atoms with van der Waals surface area (Å²) < 4.78 is 35.9. The highest BCUT2D eigenvalue weighted by Crippen LogP contribution is 2.33. The molecule has 8 nitrogen and oxygen atoms in total. The molecule has 2 fully saturated rings. The fourth-order valence-corrected chi connectivity index (χ4v) is 6.93. The smallest absolute Gasteiger partial charge is 0.341 e. The average Bonchev–Trinajstić information content (AvgIpc) is 3.04. The van der Waals surface area contributed by atoms with Crippen LogP contribution >= 0.6 is 0 Å². The molecule has 1 atom stereocenters. The molecule has 0 spiro atoms. The maximum Gasteiger partial charge on any atom is 0.341 e. The number of hydrogen-bond donors (Lipinski definition) is 0. The molecule has 1 aromatic rings. The number of nitrogens with zero attached hydrogens (tertiary/aromatic N) is 3. The van der Waals surface area contributed by atoms with Crippen LogP contribution in [0.15, 0.2) is 4.90 Å². The van der Waals surface area contributed by atoms with E-state index in [0.29, 0.717) is 37.3 Å². The van der Waals surface area contributed by atoms with Gasteiger partial charge in [0, 0.05) is 44.1 Å². The summed E-state index contributed by atoms with van der Waals surface area (Å²) in [6, 6.07) is 0. The Kier molecular flexibility index (Phi) is 7.47. The largest absolute Gasteiger partial charge is 0.462 e. The van der Waals surface area contributed by atoms with Gasteiger partial charge in [0.1, 0.15) is 10.5 Å². The monoisotopic (exact) mass is 453 g/mol. The molecule has 2 aliphatic heterocycles. The van der Waals surface area contributed by atoms with Gasteiger partial charge in [-0.15, -0.1) is 0 Å². The van der Waals surface area contributed by atoms with E-state index in [1.165, 1.54) is 4.31 Å². The maximum atomic E-state index is 13.7. The summed E-state index contributed by atoms with van der Waals surface area (Å²) >= 11 is 0. The van der Waals surface area contributed by atoms with E-state index in [9.17, 15) is 18.0 Å². The zero-order valence-electron chi connectivity index (χ0n) is 19.1. The molecule has 0 bridgehead atoms. The van der Waals surface area contributed by atoms with Crippen LogP contribution in [0.1, 0.15) is 67.7 Å². The van der Waals surface area contributed by atoms with Gasteiger partial charge in [-0.2, -0.15) is 4.31 Å². The van der Waals surface area contributed by atoms with Crippen molar-refractivity contribution in [3.8, 4) is 0 Å². The van der Waals surface area contributed by atoms with Crippen LogP contribution in [0.25, 0.3) is 0 Å². The number of sulfonamides is 1. The third-order valence-electron chi connectivity index (χ3n) is 6.52. The fourth-order valence-electron chi connectivity index (χ4n) is 4.95. The minimum absolute atomic E-state index is 0.0244. The molecule has 0 radical (unpaired) electrons. The van der Waals surface area contributed by atoms with Crippen LogP contribution in [0.5, 0.6) is 0 Å². The van der Waals surface area contributed by atoms with Crippen molar-refractivity contribution >= 4 is 21.9 Å². The summed E-state index contributed by atoms with van der Waals surface area (Å²) in [5.74, 6) is -0.890. The molecule has 1 amide bonds. The van der Waals surface area contributed by atoms with Gasteiger partial charge in [0.25, 0.3) is 0 Å². The molecular weight excluding hydrogens is 418 g/mol. The van der Waals surface area contributed by atoms with Crippen molar-refractivity contribution in [2.45, 2.75) is 71.2 Å². The van der Waals surface area contributed by atoms with Crippen molar-refractivity contribution in [2.75, 3.05) is 32.8 Å². The number of aromatic nitrogens is 1. The first-order chi connectivity index (χ1) is 14.7. The lowest BCUT2D eigenvalue weighted by Crippen LogP contribution is -2.48. The van der Waals surface area contributed by atoms with Crippen molar-refractivity contribution < 1.29 is 22.7 Å². The number of amides is 1. The quantitative estimate of drug-likeness (QED) is 0.618. The van der Waals surface area contributed by atoms with E-state index >= 15 is 0 Å². The number of likely N-dealkylation sites (tertiary alicyclic amines) is 1. The third kappa shape index (κ3) is 4.53. The van der Waals surface area contributed by atoms with E-state index in [-0.39, 0.29) is 35.4 Å². The Labute approximate surface area is 185 Å². The molecule has 1 aromatic heterocycles. The van der Waals surface area contributed by atoms with Crippen LogP contribution in [0, 0.1) is 19.8 Å². The van der Waals surface area contributed by atoms with Crippen molar-refractivity contribution in [1.29, 1.82) is 0 Å². The van der Waals surface area contributed by atoms with Gasteiger partial charge < -0.3 is 14.2 Å². The number of carbonyl (C=O) groups excluding carboxylic acids is 2. The van der Waals surface area contributed by atoms with Crippen molar-refractivity contribution in [3.05, 3.63) is 17.0 Å². The summed E-state index contributed by atoms with van der Waals surface area (Å²) in [5.41, 5.74) is 1.24. The molecule has 0 aliphatic carbocycles. The first kappa shape index (κ1) is 23.8. The highest BCUT2D eigenvalue weighted by Gasteiger charge is 2.40. The highest BCUT2D eigenvalue weighted by atomic mass is 32.2. The zero-order valence-corrected chi connectivity index (χ0v) is 20.0. The number of ether oxygens (including phenoxy) is 1. The lowest BCUT2D eigenvalue weighted by atomic mass is 9.97. The molecular formula is C22H35N3O5S. The van der Waals surface area contributed by atoms with Gasteiger partial charge in [0.15, 0.2) is 0 Å². The first-order valence-corrected chi connectivity index (χ1v) is 12.8. The van der Waals surface area contributed by atoms with E-state index in [0.717, 1.165) is 32.4 Å². The first-order valence-electron chi connectivity index (χ1n) is 11.4. The van der Waals surface area contributed by atoms with Crippen LogP contribution in [-0.2, 0) is 26.1 Å². The van der Waals surface area contributed by atoms with E-state index in [1.807, 2.05) is 16.4 Å². The van der Waals surface area contributed by atoms with E-state index in [2.05, 4.69) is 0 Å². The van der Waals surface area contributed by atoms with Gasteiger partial charge in [-0.05, 0) is 59.8 Å². The predicted octanol–water partition coefficient (Wildman–Crippen LogP) is 2.71. The number of carbonyl (C=O) groups is 2. The van der Waals surface area contributed by atoms with Gasteiger partial charge in [0.05, 0.1) is 12.5 Å². The molecule has 3 heterocycles. The van der Waals surface area contributed by atoms with Crippen molar-refractivity contribution in [2.24, 2.45) is 5.92 Å². The minimum Gasteiger partial charge on any atom is -0.462 e. The second-order valence-electron chi connectivity index (χ2n) is 8.43. The van der Waals surface area contributed by atoms with Gasteiger partial charge in [0.2, 0.25) is 15.9 Å². The minimum atomic E-state index is -3.95. The molecule has 174 valence electrons. The Hall–Kier alpha value is -1.87. The van der Waals surface area contributed by atoms with Crippen LogP contribution < -0.4 is 0 Å². The number of hydrogen-bond acceptors (Lipinski definition) is 5. The third-order valence-corrected chi connectivity index (χ3v) is 8.55. The Morgan fingerprint density at radius 3 is 2.29 bits per heavy atom. The molecule has 0 saturated carbocycles. The summed E-state index contributed by atoms with van der Waals surface area (Å²) in [4.78, 5) is 27.6. The normalized spacial score (nSPS) is 20.6. The molecule has 3 rings (SSSR count). The second kappa shape index (κ2) is 9.73. The summed E-state index contributed by atoms with van der Waals surface area (Å²) in [5, 5.41) is 0. The standard InChI is InChI=1S/C22H35N3O5S/c1-5-25-16(3)19(22(27)30-6-2)20(17(25)4)31(28,29)24-14-10-11-18(15-24)21(26)23-12-8-7-9-13-23/h18H,5-15H2,1-4H3/t18-/m1/s1. The average molecular weight is 454 g/mol. The number of rotatable bonds is 6. The second-order valence-corrected chi connectivity index (χ2v) is 10.3. The molecule has 31 heavy (non-hydrogen) atoms. The van der Waals surface area contributed by atoms with Gasteiger partial charge >= 0.3 is 5.97 Å². The van der Waals surface area contributed by atoms with Crippen LogP contribution in [0.2, 0.25) is 0 Å². The molecule has 0 aromatic carbocycles. The van der Waals surface area contributed by atoms with Crippen LogP contribution in [-0.4, -0.2) is 66.9 Å². The van der Waals surface area contributed by atoms with Gasteiger partial charge in [-0.25, -0.2) is 13.2 Å². The fraction of sp³-hybridized carbons (Fsp3) is 0.727. The lowest BCUT2D eigenvalue weighted by Gasteiger charge is -2.35. The van der Waals surface area contributed by atoms with E-state index in [1.54, 1.807) is 20.8 Å². The highest BCUT2D eigenvalue weighted by molar-refractivity contribution is 7.89. The van der Waals surface area contributed by atoms with E-state index in [4.69, 9.17) is 4.74 Å². The summed E-state index contributed by atoms with van der Waals surface area (Å²) in [6.07, 6.45) is 4.47. The Morgan fingerprint density at radius 2 is 1.68 bits per heavy atom. The zero-order chi connectivity index (χ0) is 22.8. The lowest BCUT2D eigenvalue weighted by molar-refractivity contribution is -0.137. The van der Waals surface area contributed by atoms with Crippen LogP contribution in [0.3, 0.4) is 0 Å². The molecule has 9 heteroatoms. The molecule has 0 N–H and O–H groups in total. The summed E-state index contributed by atoms with van der Waals surface area (Å²) in [7, 11) is -3.95. The van der Waals surface area contributed by atoms with E-state index < -0.39 is 16.0 Å². The Morgan fingerprint density at radius 1 is 1.00 bits per heavy atom. The Balaban J connectivity index is 1.93. The van der Waals surface area contributed by atoms with Gasteiger partial charge in [-0.1, -0.05) is 0 Å². The predicted molar refractivity (Wildman–Crippen MR) is 117 cm³/mol. The summed E-state index contributed by atoms with van der Waals surface area (Å²) in [6.45, 7) is 9.85. The maximum absolute atomic E-state index is 13.7. The number of esters is 1. The van der Waals surface area contributed by atoms with Gasteiger partial charge in [-0.3, -0.25) is 4.79 Å². The topological polar surface area (TPSA) is 88.9 Å². The molecule has 0 unspecified atom stereocenters. The number of piperidine rings is 2. The Bertz CT molecular complexity index is 931.